The van der Waals surface area contributed by atoms with E-state index in [1.165, 1.54) is 10.9 Å². The number of aromatic nitrogens is 1. The summed E-state index contributed by atoms with van der Waals surface area (Å²) in [6.45, 7) is 8.60. The summed E-state index contributed by atoms with van der Waals surface area (Å²) in [5.74, 6) is -0.157. The van der Waals surface area contributed by atoms with Gasteiger partial charge in [-0.1, -0.05) is 13.8 Å². The summed E-state index contributed by atoms with van der Waals surface area (Å²) in [7, 11) is 0. The van der Waals surface area contributed by atoms with E-state index in [-0.39, 0.29) is 29.5 Å². The highest BCUT2D eigenvalue weighted by Crippen LogP contribution is 2.35. The van der Waals surface area contributed by atoms with Gasteiger partial charge in [0.2, 0.25) is 11.8 Å². The number of amides is 2. The Morgan fingerprint density at radius 2 is 1.97 bits per heavy atom. The van der Waals surface area contributed by atoms with Crippen molar-refractivity contribution in [1.29, 1.82) is 0 Å². The zero-order valence-corrected chi connectivity index (χ0v) is 19.1. The van der Waals surface area contributed by atoms with Crippen molar-refractivity contribution in [3.8, 4) is 0 Å². The van der Waals surface area contributed by atoms with E-state index in [0.717, 1.165) is 49.8 Å². The fourth-order valence-corrected chi connectivity index (χ4v) is 5.41. The molecule has 1 aromatic carbocycles. The van der Waals surface area contributed by atoms with Crippen LogP contribution in [-0.4, -0.2) is 47.9 Å². The van der Waals surface area contributed by atoms with Crippen LogP contribution in [0.3, 0.4) is 0 Å². The van der Waals surface area contributed by atoms with Crippen LogP contribution < -0.4 is 10.2 Å². The van der Waals surface area contributed by atoms with E-state index in [9.17, 15) is 14.0 Å². The number of nitrogens with one attached hydrogen (secondary N) is 1. The number of carbonyl (C=O) groups is 2. The Kier molecular flexibility index (Phi) is 6.27. The molecule has 1 saturated heterocycles. The van der Waals surface area contributed by atoms with Gasteiger partial charge in [-0.15, -0.1) is 11.3 Å². The molecule has 31 heavy (non-hydrogen) atoms. The van der Waals surface area contributed by atoms with E-state index < -0.39 is 0 Å². The number of aryl methyl sites for hydroxylation is 2. The molecule has 1 aliphatic carbocycles. The maximum absolute atomic E-state index is 13.5. The van der Waals surface area contributed by atoms with Crippen LogP contribution in [0.5, 0.6) is 0 Å². The van der Waals surface area contributed by atoms with Crippen LogP contribution in [0.4, 0.5) is 15.2 Å². The minimum atomic E-state index is -0.271. The molecule has 2 aliphatic rings. The molecule has 1 aliphatic heterocycles. The molecule has 0 radical (unpaired) electrons. The third-order valence-electron chi connectivity index (χ3n) is 6.08. The van der Waals surface area contributed by atoms with E-state index in [1.54, 1.807) is 30.4 Å². The summed E-state index contributed by atoms with van der Waals surface area (Å²) in [6, 6.07) is 4.65. The molecule has 1 fully saturated rings. The zero-order chi connectivity index (χ0) is 22.1. The molecule has 2 heterocycles. The van der Waals surface area contributed by atoms with E-state index in [1.807, 2.05) is 18.7 Å². The van der Waals surface area contributed by atoms with Crippen LogP contribution in [-0.2, 0) is 22.4 Å². The third-order valence-corrected chi connectivity index (χ3v) is 7.26. The lowest BCUT2D eigenvalue weighted by Crippen LogP contribution is -2.49. The number of nitrogens with zero attached hydrogens (tertiary/aromatic N) is 3. The molecule has 2 amide bonds. The predicted octanol–water partition coefficient (Wildman–Crippen LogP) is 3.64. The van der Waals surface area contributed by atoms with E-state index >= 15 is 0 Å². The van der Waals surface area contributed by atoms with Crippen LogP contribution in [0.2, 0.25) is 0 Å². The van der Waals surface area contributed by atoms with Crippen LogP contribution in [0.15, 0.2) is 18.2 Å². The van der Waals surface area contributed by atoms with Crippen LogP contribution in [0, 0.1) is 24.6 Å². The fraction of sp³-hybridized carbons (Fsp3) is 0.522. The van der Waals surface area contributed by atoms with Crippen molar-refractivity contribution in [1.82, 2.24) is 9.88 Å². The van der Waals surface area contributed by atoms with Gasteiger partial charge >= 0.3 is 0 Å². The second-order valence-corrected chi connectivity index (χ2v) is 9.79. The molecule has 0 unspecified atom stereocenters. The maximum atomic E-state index is 13.5. The highest BCUT2D eigenvalue weighted by molar-refractivity contribution is 7.15. The molecule has 6 nitrogen and oxygen atoms in total. The van der Waals surface area contributed by atoms with E-state index in [4.69, 9.17) is 4.98 Å². The third kappa shape index (κ3) is 4.74. The smallest absolute Gasteiger partial charge is 0.227 e. The van der Waals surface area contributed by atoms with Gasteiger partial charge in [-0.05, 0) is 49.9 Å². The summed E-state index contributed by atoms with van der Waals surface area (Å²) >= 11 is 1.67. The van der Waals surface area contributed by atoms with Crippen molar-refractivity contribution >= 4 is 34.0 Å². The second-order valence-electron chi connectivity index (χ2n) is 8.73. The fourth-order valence-electron chi connectivity index (χ4n) is 4.17. The molecule has 0 saturated carbocycles. The largest absolute Gasteiger partial charge is 0.345 e. The van der Waals surface area contributed by atoms with Crippen LogP contribution >= 0.6 is 11.3 Å². The lowest BCUT2D eigenvalue weighted by atomic mass is 9.90. The molecule has 1 atom stereocenters. The molecule has 8 heteroatoms. The SMILES string of the molecule is Cc1cc(NC(=O)[C@@H]2CCc3nc(N4CCN(C(=O)C(C)C)CC4)sc3C2)ccc1F. The number of fused-ring (bicyclic) bond motifs is 1. The molecule has 1 N–H and O–H groups in total. The van der Waals surface area contributed by atoms with Gasteiger partial charge in [-0.2, -0.15) is 0 Å². The van der Waals surface area contributed by atoms with Crippen molar-refractivity contribution in [2.24, 2.45) is 11.8 Å². The molecule has 4 rings (SSSR count). The number of piperazine rings is 1. The van der Waals surface area contributed by atoms with Gasteiger partial charge in [-0.3, -0.25) is 9.59 Å². The standard InChI is InChI=1S/C23H29FN4O2S/c1-14(2)22(30)27-8-10-28(11-9-27)23-26-19-7-4-16(13-20(19)31-23)21(29)25-17-5-6-18(24)15(3)12-17/h5-6,12,14,16H,4,7-11,13H2,1-3H3,(H,25,29)/t16-/m1/s1. The van der Waals surface area contributed by atoms with Gasteiger partial charge in [0.25, 0.3) is 0 Å². The number of anilines is 2. The molecule has 1 aromatic heterocycles. The van der Waals surface area contributed by atoms with Gasteiger partial charge in [0.15, 0.2) is 5.13 Å². The summed E-state index contributed by atoms with van der Waals surface area (Å²) in [5, 5.41) is 3.93. The van der Waals surface area contributed by atoms with Gasteiger partial charge in [0, 0.05) is 48.6 Å². The normalized spacial score (nSPS) is 18.8. The minimum absolute atomic E-state index is 0.0209. The number of benzene rings is 1. The molecule has 166 valence electrons. The van der Waals surface area contributed by atoms with Gasteiger partial charge in [0.1, 0.15) is 5.82 Å². The predicted molar refractivity (Wildman–Crippen MR) is 121 cm³/mol. The highest BCUT2D eigenvalue weighted by Gasteiger charge is 2.30. The first-order valence-electron chi connectivity index (χ1n) is 10.9. The Morgan fingerprint density at radius 3 is 2.65 bits per heavy atom. The average Bonchev–Trinajstić information content (AvgIpc) is 3.19. The molecular weight excluding hydrogens is 415 g/mol. The van der Waals surface area contributed by atoms with Gasteiger partial charge < -0.3 is 15.1 Å². The summed E-state index contributed by atoms with van der Waals surface area (Å²) in [6.07, 6.45) is 2.24. The summed E-state index contributed by atoms with van der Waals surface area (Å²) in [4.78, 5) is 35.2. The Balaban J connectivity index is 1.37. The lowest BCUT2D eigenvalue weighted by Gasteiger charge is -2.35. The zero-order valence-electron chi connectivity index (χ0n) is 18.3. The first kappa shape index (κ1) is 21.7. The number of thiazole rings is 1. The Hall–Kier alpha value is -2.48. The van der Waals surface area contributed by atoms with E-state index in [0.29, 0.717) is 17.7 Å². The molecular formula is C23H29FN4O2S. The van der Waals surface area contributed by atoms with Crippen molar-refractivity contribution in [2.75, 3.05) is 36.4 Å². The number of rotatable bonds is 4. The van der Waals surface area contributed by atoms with Crippen LogP contribution in [0.1, 0.15) is 36.4 Å². The quantitative estimate of drug-likeness (QED) is 0.782. The summed E-state index contributed by atoms with van der Waals surface area (Å²) in [5.41, 5.74) is 2.25. The Labute approximate surface area is 186 Å². The molecule has 2 aromatic rings. The van der Waals surface area contributed by atoms with Crippen molar-refractivity contribution in [2.45, 2.75) is 40.0 Å². The first-order chi connectivity index (χ1) is 14.8. The number of halogens is 1. The van der Waals surface area contributed by atoms with E-state index in [2.05, 4.69) is 10.2 Å². The molecule has 0 bridgehead atoms. The maximum Gasteiger partial charge on any atom is 0.227 e. The van der Waals surface area contributed by atoms with Gasteiger partial charge in [-0.25, -0.2) is 9.37 Å². The van der Waals surface area contributed by atoms with Crippen molar-refractivity contribution < 1.29 is 14.0 Å². The second kappa shape index (κ2) is 8.94. The molecule has 0 spiro atoms. The number of hydrogen-bond acceptors (Lipinski definition) is 5. The minimum Gasteiger partial charge on any atom is -0.345 e. The van der Waals surface area contributed by atoms with Crippen molar-refractivity contribution in [3.63, 3.8) is 0 Å². The average molecular weight is 445 g/mol. The van der Waals surface area contributed by atoms with Gasteiger partial charge in [0.05, 0.1) is 5.69 Å². The highest BCUT2D eigenvalue weighted by atomic mass is 32.1. The lowest BCUT2D eigenvalue weighted by molar-refractivity contribution is -0.134. The summed E-state index contributed by atoms with van der Waals surface area (Å²) < 4.78 is 13.5. The topological polar surface area (TPSA) is 65.5 Å². The Bertz CT molecular complexity index is 982. The number of carbonyl (C=O) groups excluding carboxylic acids is 2. The Morgan fingerprint density at radius 1 is 1.23 bits per heavy atom. The number of hydrogen-bond donors (Lipinski definition) is 1. The van der Waals surface area contributed by atoms with Crippen LogP contribution in [0.25, 0.3) is 0 Å². The van der Waals surface area contributed by atoms with Crippen molar-refractivity contribution in [3.05, 3.63) is 40.2 Å². The first-order valence-corrected chi connectivity index (χ1v) is 11.7. The monoisotopic (exact) mass is 444 g/mol.